The molecule has 0 N–H and O–H groups in total. The zero-order chi connectivity index (χ0) is 15.7. The first-order chi connectivity index (χ1) is 9.73. The van der Waals surface area contributed by atoms with Crippen LogP contribution in [0.4, 0.5) is 3.89 Å². The molecule has 0 radical (unpaired) electrons. The summed E-state index contributed by atoms with van der Waals surface area (Å²) in [6.45, 7) is 2.32. The van der Waals surface area contributed by atoms with E-state index in [1.54, 1.807) is 0 Å². The monoisotopic (exact) mass is 335 g/mol. The Balaban J connectivity index is 2.35. The van der Waals surface area contributed by atoms with E-state index in [4.69, 9.17) is 0 Å². The summed E-state index contributed by atoms with van der Waals surface area (Å²) in [4.78, 5) is -0.547. The standard InChI is InChI=1S/C13H18FNO4S2/c1-11-5-3-2-4-10-15(11)21(18,19)13-8-6-12(7-9-13)20(14,16)17/h6-9,11H,2-5,10H2,1H3. The highest BCUT2D eigenvalue weighted by Gasteiger charge is 2.30. The number of benzene rings is 1. The average molecular weight is 335 g/mol. The number of nitrogens with zero attached hydrogens (tertiary/aromatic N) is 1. The smallest absolute Gasteiger partial charge is 0.207 e. The summed E-state index contributed by atoms with van der Waals surface area (Å²) in [6, 6.07) is 4.14. The molecule has 5 nitrogen and oxygen atoms in total. The van der Waals surface area contributed by atoms with Crippen molar-refractivity contribution in [3.05, 3.63) is 24.3 Å². The van der Waals surface area contributed by atoms with Gasteiger partial charge in [0, 0.05) is 12.6 Å². The molecule has 21 heavy (non-hydrogen) atoms. The minimum atomic E-state index is -4.81. The molecule has 0 bridgehead atoms. The molecule has 0 saturated carbocycles. The predicted octanol–water partition coefficient (Wildman–Crippen LogP) is 2.30. The lowest BCUT2D eigenvalue weighted by molar-refractivity contribution is 0.342. The highest BCUT2D eigenvalue weighted by atomic mass is 32.3. The molecule has 1 atom stereocenters. The maximum Gasteiger partial charge on any atom is 0.332 e. The highest BCUT2D eigenvalue weighted by molar-refractivity contribution is 7.89. The lowest BCUT2D eigenvalue weighted by Crippen LogP contribution is -2.38. The molecular weight excluding hydrogens is 317 g/mol. The van der Waals surface area contributed by atoms with Crippen molar-refractivity contribution >= 4 is 20.2 Å². The molecule has 1 aromatic carbocycles. The van der Waals surface area contributed by atoms with Crippen LogP contribution in [0.15, 0.2) is 34.1 Å². The number of hydrogen-bond acceptors (Lipinski definition) is 4. The van der Waals surface area contributed by atoms with Crippen LogP contribution >= 0.6 is 0 Å². The Labute approximate surface area is 125 Å². The van der Waals surface area contributed by atoms with Gasteiger partial charge in [-0.15, -0.1) is 3.89 Å². The van der Waals surface area contributed by atoms with Gasteiger partial charge in [0.2, 0.25) is 10.0 Å². The first-order valence-electron chi connectivity index (χ1n) is 6.79. The van der Waals surface area contributed by atoms with Gasteiger partial charge >= 0.3 is 10.2 Å². The number of sulfonamides is 1. The second kappa shape index (κ2) is 6.02. The van der Waals surface area contributed by atoms with Crippen LogP contribution in [0.25, 0.3) is 0 Å². The number of rotatable bonds is 3. The second-order valence-corrected chi connectivity index (χ2v) is 8.46. The zero-order valence-electron chi connectivity index (χ0n) is 11.7. The molecule has 1 unspecified atom stereocenters. The molecule has 1 aliphatic heterocycles. The molecule has 118 valence electrons. The van der Waals surface area contributed by atoms with Gasteiger partial charge in [-0.25, -0.2) is 8.42 Å². The first kappa shape index (κ1) is 16.4. The van der Waals surface area contributed by atoms with Crippen LogP contribution in [0.3, 0.4) is 0 Å². The minimum Gasteiger partial charge on any atom is -0.207 e. The van der Waals surface area contributed by atoms with Gasteiger partial charge in [0.15, 0.2) is 0 Å². The Bertz CT molecular complexity index is 698. The van der Waals surface area contributed by atoms with E-state index >= 15 is 0 Å². The molecule has 0 aromatic heterocycles. The van der Waals surface area contributed by atoms with Crippen LogP contribution in [0.5, 0.6) is 0 Å². The summed E-state index contributed by atoms with van der Waals surface area (Å²) in [6.07, 6.45) is 3.60. The molecule has 1 fully saturated rings. The molecular formula is C13H18FNO4S2. The summed E-state index contributed by atoms with van der Waals surface area (Å²) in [5.74, 6) is 0. The van der Waals surface area contributed by atoms with Crippen LogP contribution in [0.2, 0.25) is 0 Å². The lowest BCUT2D eigenvalue weighted by Gasteiger charge is -2.26. The van der Waals surface area contributed by atoms with E-state index in [0.29, 0.717) is 6.54 Å². The van der Waals surface area contributed by atoms with E-state index in [-0.39, 0.29) is 10.9 Å². The maximum atomic E-state index is 12.8. The molecule has 1 saturated heterocycles. The Morgan fingerprint density at radius 3 is 2.14 bits per heavy atom. The van der Waals surface area contributed by atoms with Crippen molar-refractivity contribution in [3.63, 3.8) is 0 Å². The molecule has 0 spiro atoms. The third-order valence-corrected chi connectivity index (χ3v) is 6.57. The fraction of sp³-hybridized carbons (Fsp3) is 0.538. The fourth-order valence-electron chi connectivity index (χ4n) is 2.52. The zero-order valence-corrected chi connectivity index (χ0v) is 13.3. The number of hydrogen-bond donors (Lipinski definition) is 0. The van der Waals surface area contributed by atoms with Crippen molar-refractivity contribution < 1.29 is 20.7 Å². The summed E-state index contributed by atoms with van der Waals surface area (Å²) in [7, 11) is -8.50. The fourth-order valence-corrected chi connectivity index (χ4v) is 4.68. The van der Waals surface area contributed by atoms with E-state index < -0.39 is 25.1 Å². The van der Waals surface area contributed by atoms with Crippen LogP contribution in [-0.4, -0.2) is 33.7 Å². The first-order valence-corrected chi connectivity index (χ1v) is 9.62. The number of halogens is 1. The maximum absolute atomic E-state index is 12.8. The average Bonchev–Trinajstić information content (AvgIpc) is 2.63. The summed E-state index contributed by atoms with van der Waals surface area (Å²) in [5, 5.41) is 0. The minimum absolute atomic E-state index is 0.0105. The summed E-state index contributed by atoms with van der Waals surface area (Å²) >= 11 is 0. The van der Waals surface area contributed by atoms with E-state index in [9.17, 15) is 20.7 Å². The Morgan fingerprint density at radius 2 is 1.57 bits per heavy atom. The second-order valence-electron chi connectivity index (χ2n) is 5.22. The van der Waals surface area contributed by atoms with Gasteiger partial charge in [-0.05, 0) is 44.0 Å². The highest BCUT2D eigenvalue weighted by Crippen LogP contribution is 2.25. The van der Waals surface area contributed by atoms with Crippen molar-refractivity contribution in [1.82, 2.24) is 4.31 Å². The SMILES string of the molecule is CC1CCCCCN1S(=O)(=O)c1ccc(S(=O)(=O)F)cc1. The van der Waals surface area contributed by atoms with Crippen LogP contribution in [0.1, 0.15) is 32.6 Å². The quantitative estimate of drug-likeness (QED) is 0.795. The largest absolute Gasteiger partial charge is 0.332 e. The predicted molar refractivity (Wildman–Crippen MR) is 76.6 cm³/mol. The van der Waals surface area contributed by atoms with Crippen molar-refractivity contribution in [2.75, 3.05) is 6.54 Å². The van der Waals surface area contributed by atoms with Gasteiger partial charge in [0.1, 0.15) is 0 Å². The van der Waals surface area contributed by atoms with Gasteiger partial charge in [-0.1, -0.05) is 12.8 Å². The van der Waals surface area contributed by atoms with Crippen LogP contribution < -0.4 is 0 Å². The van der Waals surface area contributed by atoms with Crippen LogP contribution in [0, 0.1) is 0 Å². The van der Waals surface area contributed by atoms with Crippen molar-refractivity contribution in [3.8, 4) is 0 Å². The molecule has 1 heterocycles. The third-order valence-electron chi connectivity index (χ3n) is 3.70. The lowest BCUT2D eigenvalue weighted by atomic mass is 10.1. The van der Waals surface area contributed by atoms with Crippen molar-refractivity contribution in [1.29, 1.82) is 0 Å². The van der Waals surface area contributed by atoms with E-state index in [1.807, 2.05) is 6.92 Å². The van der Waals surface area contributed by atoms with Gasteiger partial charge in [0.05, 0.1) is 9.79 Å². The van der Waals surface area contributed by atoms with Gasteiger partial charge in [0.25, 0.3) is 0 Å². The Morgan fingerprint density at radius 1 is 1.00 bits per heavy atom. The molecule has 1 aromatic rings. The van der Waals surface area contributed by atoms with Gasteiger partial charge in [-0.2, -0.15) is 12.7 Å². The summed E-state index contributed by atoms with van der Waals surface area (Å²) < 4.78 is 61.0. The van der Waals surface area contributed by atoms with Crippen LogP contribution in [-0.2, 0) is 20.2 Å². The van der Waals surface area contributed by atoms with Gasteiger partial charge < -0.3 is 0 Å². The Kier molecular flexibility index (Phi) is 4.69. The van der Waals surface area contributed by atoms with Gasteiger partial charge in [-0.3, -0.25) is 0 Å². The molecule has 0 amide bonds. The third kappa shape index (κ3) is 3.61. The summed E-state index contributed by atoms with van der Waals surface area (Å²) in [5.41, 5.74) is 0. The molecule has 1 aliphatic rings. The molecule has 0 aliphatic carbocycles. The van der Waals surface area contributed by atoms with E-state index in [1.165, 1.54) is 4.31 Å². The topological polar surface area (TPSA) is 71.5 Å². The van der Waals surface area contributed by atoms with Crippen molar-refractivity contribution in [2.45, 2.75) is 48.4 Å². The van der Waals surface area contributed by atoms with E-state index in [0.717, 1.165) is 49.9 Å². The molecule has 8 heteroatoms. The van der Waals surface area contributed by atoms with E-state index in [2.05, 4.69) is 0 Å². The Hall–Kier alpha value is -0.990. The van der Waals surface area contributed by atoms with Crippen molar-refractivity contribution in [2.24, 2.45) is 0 Å². The normalized spacial score (nSPS) is 21.9. The molecule has 2 rings (SSSR count).